The molecule has 1 fully saturated rings. The number of carbonyl (C=O) groups is 2. The minimum Gasteiger partial charge on any atom is -0.369 e. The van der Waals surface area contributed by atoms with Crippen molar-refractivity contribution in [3.05, 3.63) is 101 Å². The first-order valence-electron chi connectivity index (χ1n) is 12.6. The van der Waals surface area contributed by atoms with E-state index in [9.17, 15) is 14.7 Å². The third kappa shape index (κ3) is 3.52. The molecule has 38 heavy (non-hydrogen) atoms. The number of quaternary nitrogens is 1. The fourth-order valence-electron chi connectivity index (χ4n) is 6.07. The molecule has 6 rings (SSSR count). The van der Waals surface area contributed by atoms with Crippen LogP contribution in [-0.4, -0.2) is 48.9 Å². The number of imide groups is 1. The zero-order valence-electron chi connectivity index (χ0n) is 20.8. The summed E-state index contributed by atoms with van der Waals surface area (Å²) < 4.78 is 1.11. The number of nitrogens with zero attached hydrogens (tertiary/aromatic N) is 4. The number of likely N-dealkylation sites (tertiary alicyclic amines) is 1. The Morgan fingerprint density at radius 1 is 1.11 bits per heavy atom. The number of amides is 3. The lowest BCUT2D eigenvalue weighted by Crippen LogP contribution is -2.67. The van der Waals surface area contributed by atoms with Crippen molar-refractivity contribution in [1.82, 2.24) is 20.1 Å². The number of rotatable bonds is 4. The van der Waals surface area contributed by atoms with Crippen LogP contribution in [0.25, 0.3) is 16.8 Å². The minimum absolute atomic E-state index is 0.125. The van der Waals surface area contributed by atoms with Crippen LogP contribution in [0.3, 0.4) is 0 Å². The zero-order chi connectivity index (χ0) is 26.5. The van der Waals surface area contributed by atoms with E-state index in [2.05, 4.69) is 15.4 Å². The van der Waals surface area contributed by atoms with E-state index in [0.717, 1.165) is 22.4 Å². The maximum absolute atomic E-state index is 14.6. The number of benzene rings is 3. The van der Waals surface area contributed by atoms with Gasteiger partial charge in [0.05, 0.1) is 18.8 Å². The maximum Gasteiger partial charge on any atom is 0.424 e. The number of nitrogens with one attached hydrogen (secondary N) is 1. The number of aliphatic hydroxyl groups is 1. The topological polar surface area (TPSA) is 97.1 Å². The third-order valence-electron chi connectivity index (χ3n) is 7.98. The van der Waals surface area contributed by atoms with Gasteiger partial charge in [0.2, 0.25) is 5.60 Å². The van der Waals surface area contributed by atoms with Crippen LogP contribution in [0.2, 0.25) is 5.02 Å². The summed E-state index contributed by atoms with van der Waals surface area (Å²) >= 11 is 6.27. The molecule has 1 saturated heterocycles. The summed E-state index contributed by atoms with van der Waals surface area (Å²) in [6.45, 7) is 2.34. The van der Waals surface area contributed by atoms with Crippen molar-refractivity contribution >= 4 is 23.5 Å². The summed E-state index contributed by atoms with van der Waals surface area (Å²) in [5.74, 6) is -0.528. The van der Waals surface area contributed by atoms with Crippen LogP contribution in [0, 0.1) is 0 Å². The zero-order valence-corrected chi connectivity index (χ0v) is 21.6. The van der Waals surface area contributed by atoms with Gasteiger partial charge in [0.25, 0.3) is 0 Å². The molecule has 4 aromatic rings. The Bertz CT molecular complexity index is 1510. The normalized spacial score (nSPS) is 21.1. The Morgan fingerprint density at radius 3 is 2.39 bits per heavy atom. The van der Waals surface area contributed by atoms with Gasteiger partial charge in [-0.25, -0.2) is 19.3 Å². The van der Waals surface area contributed by atoms with Crippen LogP contribution in [0.4, 0.5) is 4.79 Å². The molecule has 0 bridgehead atoms. The largest absolute Gasteiger partial charge is 0.424 e. The summed E-state index contributed by atoms with van der Waals surface area (Å²) in [6, 6.07) is 19.3. The standard InChI is InChI=1S/C29H26ClN5O3/c1-19-7-6-14-35(19,28(37)32-16-20-15-21(30)12-13-26(20)34-18-31-17-33-34)27(36)29(38)24-10-4-2-8-22(24)23-9-3-5-11-25(23)29/h2-5,8-13,15,17-19,38H,6-7,14,16H2,1H3/p+1/t19-,35?/m1/s1. The molecule has 192 valence electrons. The van der Waals surface area contributed by atoms with Gasteiger partial charge in [-0.15, -0.1) is 0 Å². The van der Waals surface area contributed by atoms with Gasteiger partial charge >= 0.3 is 11.9 Å². The number of urea groups is 1. The lowest BCUT2D eigenvalue weighted by Gasteiger charge is -2.38. The monoisotopic (exact) mass is 528 g/mol. The summed E-state index contributed by atoms with van der Waals surface area (Å²) in [5, 5.41) is 20.0. The Hall–Kier alpha value is -3.85. The van der Waals surface area contributed by atoms with Crippen molar-refractivity contribution in [3.63, 3.8) is 0 Å². The minimum atomic E-state index is -1.94. The van der Waals surface area contributed by atoms with E-state index in [0.29, 0.717) is 35.5 Å². The average Bonchev–Trinajstić information content (AvgIpc) is 3.66. The maximum atomic E-state index is 14.6. The van der Waals surface area contributed by atoms with Crippen LogP contribution in [0.15, 0.2) is 79.4 Å². The molecule has 1 aliphatic heterocycles. The highest BCUT2D eigenvalue weighted by atomic mass is 35.5. The first kappa shape index (κ1) is 24.5. The molecule has 2 N–H and O–H groups in total. The predicted molar refractivity (Wildman–Crippen MR) is 142 cm³/mol. The molecular formula is C29H27ClN5O3+. The number of aromatic nitrogens is 3. The Labute approximate surface area is 225 Å². The lowest BCUT2D eigenvalue weighted by atomic mass is 9.88. The predicted octanol–water partition coefficient (Wildman–Crippen LogP) is 4.57. The van der Waals surface area contributed by atoms with Crippen LogP contribution >= 0.6 is 11.6 Å². The molecule has 3 amide bonds. The molecule has 0 saturated carbocycles. The molecule has 1 aromatic heterocycles. The molecule has 8 nitrogen and oxygen atoms in total. The number of hydrogen-bond donors (Lipinski definition) is 2. The van der Waals surface area contributed by atoms with Crippen molar-refractivity contribution in [2.75, 3.05) is 6.54 Å². The quantitative estimate of drug-likeness (QED) is 0.378. The first-order valence-corrected chi connectivity index (χ1v) is 13.0. The van der Waals surface area contributed by atoms with E-state index in [4.69, 9.17) is 11.6 Å². The van der Waals surface area contributed by atoms with Crippen LogP contribution < -0.4 is 5.32 Å². The molecule has 0 radical (unpaired) electrons. The first-order chi connectivity index (χ1) is 18.4. The van der Waals surface area contributed by atoms with Crippen LogP contribution in [0.5, 0.6) is 0 Å². The molecule has 1 aliphatic carbocycles. The van der Waals surface area contributed by atoms with Gasteiger partial charge in [0.15, 0.2) is 0 Å². The summed E-state index contributed by atoms with van der Waals surface area (Å²) in [7, 11) is 0. The number of carbonyl (C=O) groups excluding carboxylic acids is 2. The molecule has 9 heteroatoms. The second kappa shape index (κ2) is 9.16. The van der Waals surface area contributed by atoms with Gasteiger partial charge < -0.3 is 10.4 Å². The van der Waals surface area contributed by atoms with Crippen LogP contribution in [-0.2, 0) is 16.9 Å². The van der Waals surface area contributed by atoms with Crippen molar-refractivity contribution in [2.24, 2.45) is 0 Å². The Morgan fingerprint density at radius 2 is 1.79 bits per heavy atom. The fourth-order valence-corrected chi connectivity index (χ4v) is 6.26. The van der Waals surface area contributed by atoms with E-state index in [1.165, 1.54) is 6.33 Å². The molecule has 0 spiro atoms. The summed E-state index contributed by atoms with van der Waals surface area (Å²) in [6.07, 6.45) is 4.39. The molecule has 2 aliphatic rings. The second-order valence-corrected chi connectivity index (χ2v) is 10.4. The highest BCUT2D eigenvalue weighted by Crippen LogP contribution is 2.50. The van der Waals surface area contributed by atoms with Crippen LogP contribution in [0.1, 0.15) is 36.5 Å². The van der Waals surface area contributed by atoms with E-state index < -0.39 is 22.0 Å². The molecule has 2 heterocycles. The van der Waals surface area contributed by atoms with Gasteiger partial charge in [-0.3, -0.25) is 0 Å². The lowest BCUT2D eigenvalue weighted by molar-refractivity contribution is -0.788. The summed E-state index contributed by atoms with van der Waals surface area (Å²) in [4.78, 5) is 32.7. The molecule has 3 aromatic carbocycles. The Kier molecular flexibility index (Phi) is 5.90. The SMILES string of the molecule is C[C@@H]1CCC[N+]1(C(=O)NCc1cc(Cl)ccc1-n1cncn1)C(=O)C1(O)c2ccccc2-c2ccccc21. The van der Waals surface area contributed by atoms with Gasteiger partial charge in [-0.2, -0.15) is 9.58 Å². The highest BCUT2D eigenvalue weighted by Gasteiger charge is 2.63. The van der Waals surface area contributed by atoms with Gasteiger partial charge in [0.1, 0.15) is 18.7 Å². The van der Waals surface area contributed by atoms with E-state index >= 15 is 0 Å². The summed E-state index contributed by atoms with van der Waals surface area (Å²) in [5.41, 5.74) is 2.14. The molecular weight excluding hydrogens is 502 g/mol. The average molecular weight is 529 g/mol. The van der Waals surface area contributed by atoms with Crippen molar-refractivity contribution in [3.8, 4) is 16.8 Å². The smallest absolute Gasteiger partial charge is 0.369 e. The van der Waals surface area contributed by atoms with Crippen molar-refractivity contribution in [1.29, 1.82) is 0 Å². The third-order valence-corrected chi connectivity index (χ3v) is 8.22. The molecule has 1 unspecified atom stereocenters. The van der Waals surface area contributed by atoms with E-state index in [-0.39, 0.29) is 12.6 Å². The van der Waals surface area contributed by atoms with Crippen molar-refractivity contribution < 1.29 is 19.2 Å². The van der Waals surface area contributed by atoms with Gasteiger partial charge in [-0.1, -0.05) is 60.1 Å². The molecule has 2 atom stereocenters. The number of halogens is 1. The van der Waals surface area contributed by atoms with Crippen molar-refractivity contribution in [2.45, 2.75) is 38.0 Å². The van der Waals surface area contributed by atoms with Gasteiger partial charge in [0, 0.05) is 29.0 Å². The highest BCUT2D eigenvalue weighted by molar-refractivity contribution is 6.30. The van der Waals surface area contributed by atoms with E-state index in [1.807, 2.05) is 49.4 Å². The Balaban J connectivity index is 1.38. The second-order valence-electron chi connectivity index (χ2n) is 9.96. The van der Waals surface area contributed by atoms with E-state index in [1.54, 1.807) is 35.3 Å². The van der Waals surface area contributed by atoms with Gasteiger partial charge in [-0.05, 0) is 41.8 Å². The number of fused-ring (bicyclic) bond motifs is 3. The number of hydrogen-bond acceptors (Lipinski definition) is 5. The fraction of sp³-hybridized carbons (Fsp3) is 0.241.